The SMILES string of the molecule is Nc1cc(C(F)(F)F)c2nc1-c1nnc(o1)[C@@](O)(C(F)(F)F)CCCCCN(CC1CCCC1)C2=O. The molecule has 2 aliphatic rings. The number of carbonyl (C=O) groups excluding carboxylic acids is 1. The van der Waals surface area contributed by atoms with Gasteiger partial charge < -0.3 is 20.2 Å². The highest BCUT2D eigenvalue weighted by atomic mass is 19.4. The number of hydrogen-bond donors (Lipinski definition) is 2. The lowest BCUT2D eigenvalue weighted by Crippen LogP contribution is -2.42. The van der Waals surface area contributed by atoms with Crippen molar-refractivity contribution in [2.45, 2.75) is 69.3 Å². The van der Waals surface area contributed by atoms with E-state index in [0.717, 1.165) is 25.7 Å². The molecule has 4 bridgehead atoms. The van der Waals surface area contributed by atoms with Gasteiger partial charge in [-0.2, -0.15) is 26.3 Å². The maximum Gasteiger partial charge on any atom is 0.426 e. The third kappa shape index (κ3) is 5.00. The number of pyridine rings is 1. The summed E-state index contributed by atoms with van der Waals surface area (Å²) in [6.45, 7) is 0.228. The number of amides is 1. The van der Waals surface area contributed by atoms with Crippen LogP contribution in [-0.2, 0) is 11.8 Å². The number of nitrogens with two attached hydrogens (primary N) is 1. The molecule has 0 spiro atoms. The molecule has 36 heavy (non-hydrogen) atoms. The summed E-state index contributed by atoms with van der Waals surface area (Å²) in [5.41, 5.74) is -1.26. The monoisotopic (exact) mass is 521 g/mol. The third-order valence-electron chi connectivity index (χ3n) is 6.72. The van der Waals surface area contributed by atoms with Gasteiger partial charge >= 0.3 is 12.4 Å². The second-order valence-corrected chi connectivity index (χ2v) is 9.30. The third-order valence-corrected chi connectivity index (χ3v) is 6.72. The van der Waals surface area contributed by atoms with Crippen LogP contribution in [0.3, 0.4) is 0 Å². The molecule has 14 heteroatoms. The first-order valence-electron chi connectivity index (χ1n) is 11.6. The van der Waals surface area contributed by atoms with Gasteiger partial charge in [-0.3, -0.25) is 4.79 Å². The Morgan fingerprint density at radius 2 is 1.75 bits per heavy atom. The van der Waals surface area contributed by atoms with E-state index in [2.05, 4.69) is 15.2 Å². The van der Waals surface area contributed by atoms with Crippen molar-refractivity contribution in [2.24, 2.45) is 5.92 Å². The first-order chi connectivity index (χ1) is 16.8. The van der Waals surface area contributed by atoms with E-state index in [-0.39, 0.29) is 38.3 Å². The van der Waals surface area contributed by atoms with Crippen LogP contribution in [-0.4, -0.2) is 50.4 Å². The van der Waals surface area contributed by atoms with Crippen LogP contribution in [0.25, 0.3) is 11.6 Å². The van der Waals surface area contributed by atoms with Gasteiger partial charge in [-0.25, -0.2) is 4.98 Å². The van der Waals surface area contributed by atoms with Crippen LogP contribution in [0, 0.1) is 5.92 Å². The molecule has 8 nitrogen and oxygen atoms in total. The minimum atomic E-state index is -5.16. The normalized spacial score (nSPS) is 22.6. The fraction of sp³-hybridized carbons (Fsp3) is 0.636. The van der Waals surface area contributed by atoms with Crippen molar-refractivity contribution in [2.75, 3.05) is 18.8 Å². The van der Waals surface area contributed by atoms with Crippen molar-refractivity contribution in [3.63, 3.8) is 0 Å². The lowest BCUT2D eigenvalue weighted by atomic mass is 9.95. The molecule has 1 saturated carbocycles. The van der Waals surface area contributed by atoms with Gasteiger partial charge in [0.1, 0.15) is 5.69 Å². The van der Waals surface area contributed by atoms with Gasteiger partial charge in [-0.15, -0.1) is 10.2 Å². The molecule has 0 unspecified atom stereocenters. The Balaban J connectivity index is 1.85. The highest BCUT2D eigenvalue weighted by Crippen LogP contribution is 2.44. The van der Waals surface area contributed by atoms with Crippen molar-refractivity contribution in [3.8, 4) is 11.6 Å². The summed E-state index contributed by atoms with van der Waals surface area (Å²) >= 11 is 0. The maximum absolute atomic E-state index is 13.9. The number of hydrogen-bond acceptors (Lipinski definition) is 7. The van der Waals surface area contributed by atoms with Crippen molar-refractivity contribution < 1.29 is 40.7 Å². The Morgan fingerprint density at radius 1 is 1.06 bits per heavy atom. The van der Waals surface area contributed by atoms with Gasteiger partial charge in [0.15, 0.2) is 5.69 Å². The number of rotatable bonds is 2. The van der Waals surface area contributed by atoms with Crippen LogP contribution in [0.4, 0.5) is 32.0 Å². The molecular formula is C22H25F6N5O3. The smallest absolute Gasteiger partial charge is 0.416 e. The standard InChI is InChI=1S/C22H25F6N5O3/c23-21(24,25)13-10-14(29)16-17-31-32-19(36-17)20(35,22(26,27)28)8-4-1-5-9-33(18(34)15(13)30-16)11-12-6-2-3-7-12/h10,12,35H,1-9,11,29H2/t20-/m1/s1. The zero-order valence-corrected chi connectivity index (χ0v) is 19.1. The molecule has 3 heterocycles. The summed E-state index contributed by atoms with van der Waals surface area (Å²) in [7, 11) is 0. The second kappa shape index (κ2) is 9.52. The molecular weight excluding hydrogens is 496 g/mol. The summed E-state index contributed by atoms with van der Waals surface area (Å²) in [5.74, 6) is -2.78. The number of nitrogen functional groups attached to an aromatic ring is 1. The molecule has 0 radical (unpaired) electrons. The number of aliphatic hydroxyl groups is 1. The Labute approximate surface area is 201 Å². The number of alkyl halides is 6. The highest BCUT2D eigenvalue weighted by molar-refractivity contribution is 5.95. The van der Waals surface area contributed by atoms with Crippen LogP contribution < -0.4 is 5.73 Å². The van der Waals surface area contributed by atoms with E-state index < -0.39 is 64.7 Å². The highest BCUT2D eigenvalue weighted by Gasteiger charge is 2.58. The van der Waals surface area contributed by atoms with Gasteiger partial charge in [0.2, 0.25) is 5.60 Å². The molecule has 0 aromatic carbocycles. The molecule has 1 amide bonds. The predicted octanol–water partition coefficient (Wildman–Crippen LogP) is 4.69. The average Bonchev–Trinajstić information content (AvgIpc) is 3.48. The Bertz CT molecular complexity index is 1110. The van der Waals surface area contributed by atoms with Crippen molar-refractivity contribution in [1.29, 1.82) is 0 Å². The zero-order chi connectivity index (χ0) is 26.3. The van der Waals surface area contributed by atoms with Gasteiger partial charge in [0.25, 0.3) is 17.7 Å². The lowest BCUT2D eigenvalue weighted by molar-refractivity contribution is -0.277. The number of carbonyl (C=O) groups is 1. The van der Waals surface area contributed by atoms with Crippen molar-refractivity contribution in [3.05, 3.63) is 23.2 Å². The number of aromatic nitrogens is 3. The molecule has 1 aliphatic heterocycles. The molecule has 2 aromatic heterocycles. The topological polar surface area (TPSA) is 118 Å². The van der Waals surface area contributed by atoms with E-state index in [1.807, 2.05) is 0 Å². The largest absolute Gasteiger partial charge is 0.426 e. The van der Waals surface area contributed by atoms with E-state index in [1.54, 1.807) is 0 Å². The second-order valence-electron chi connectivity index (χ2n) is 9.30. The van der Waals surface area contributed by atoms with E-state index >= 15 is 0 Å². The van der Waals surface area contributed by atoms with Crippen LogP contribution >= 0.6 is 0 Å². The average molecular weight is 521 g/mol. The molecule has 1 fully saturated rings. The Hall–Kier alpha value is -2.90. The van der Waals surface area contributed by atoms with E-state index in [1.165, 1.54) is 4.90 Å². The summed E-state index contributed by atoms with van der Waals surface area (Å²) < 4.78 is 88.0. The Kier molecular flexibility index (Phi) is 6.92. The van der Waals surface area contributed by atoms with E-state index in [4.69, 9.17) is 10.2 Å². The summed E-state index contributed by atoms with van der Waals surface area (Å²) in [6, 6.07) is 0.481. The number of nitrogens with zero attached hydrogens (tertiary/aromatic N) is 4. The fourth-order valence-electron chi connectivity index (χ4n) is 4.73. The first kappa shape index (κ1) is 26.2. The van der Waals surface area contributed by atoms with Crippen LogP contribution in [0.2, 0.25) is 0 Å². The predicted molar refractivity (Wildman–Crippen MR) is 113 cm³/mol. The van der Waals surface area contributed by atoms with Gasteiger partial charge in [0, 0.05) is 13.1 Å². The lowest BCUT2D eigenvalue weighted by Gasteiger charge is -2.28. The van der Waals surface area contributed by atoms with E-state index in [9.17, 15) is 36.2 Å². The van der Waals surface area contributed by atoms with Crippen molar-refractivity contribution in [1.82, 2.24) is 20.1 Å². The van der Waals surface area contributed by atoms with Crippen LogP contribution in [0.5, 0.6) is 0 Å². The number of halogens is 6. The summed E-state index contributed by atoms with van der Waals surface area (Å²) in [5, 5.41) is 17.2. The molecule has 4 rings (SSSR count). The quantitative estimate of drug-likeness (QED) is 0.551. The Morgan fingerprint density at radius 3 is 2.39 bits per heavy atom. The summed E-state index contributed by atoms with van der Waals surface area (Å²) in [6.07, 6.45) is -7.13. The molecule has 3 N–H and O–H groups in total. The summed E-state index contributed by atoms with van der Waals surface area (Å²) in [4.78, 5) is 18.5. The number of anilines is 1. The molecule has 2 aromatic rings. The van der Waals surface area contributed by atoms with E-state index in [0.29, 0.717) is 6.07 Å². The van der Waals surface area contributed by atoms with Gasteiger partial charge in [-0.1, -0.05) is 19.3 Å². The number of fused-ring (bicyclic) bond motifs is 5. The maximum atomic E-state index is 13.9. The fourth-order valence-corrected chi connectivity index (χ4v) is 4.73. The van der Waals surface area contributed by atoms with Gasteiger partial charge in [-0.05, 0) is 44.1 Å². The minimum Gasteiger partial charge on any atom is -0.416 e. The molecule has 0 saturated heterocycles. The minimum absolute atomic E-state index is 0.0247. The zero-order valence-electron chi connectivity index (χ0n) is 19.1. The van der Waals surface area contributed by atoms with Crippen LogP contribution in [0.15, 0.2) is 10.5 Å². The van der Waals surface area contributed by atoms with Gasteiger partial charge in [0.05, 0.1) is 11.3 Å². The van der Waals surface area contributed by atoms with Crippen LogP contribution in [0.1, 0.15) is 73.3 Å². The molecule has 1 atom stereocenters. The molecule has 198 valence electrons. The molecule has 1 aliphatic carbocycles. The first-order valence-corrected chi connectivity index (χ1v) is 11.6. The van der Waals surface area contributed by atoms with Crippen molar-refractivity contribution >= 4 is 11.6 Å².